The predicted octanol–water partition coefficient (Wildman–Crippen LogP) is 4.44. The van der Waals surface area contributed by atoms with Crippen molar-refractivity contribution in [1.82, 2.24) is 14.5 Å². The van der Waals surface area contributed by atoms with Crippen LogP contribution in [0.2, 0.25) is 0 Å². The normalized spacial score (nSPS) is 14.5. The number of imidazole rings is 1. The Kier molecular flexibility index (Phi) is 7.96. The third-order valence-corrected chi connectivity index (χ3v) is 7.64. The summed E-state index contributed by atoms with van der Waals surface area (Å²) in [4.78, 5) is 32.9. The minimum atomic E-state index is -1.06. The van der Waals surface area contributed by atoms with Crippen LogP contribution < -0.4 is 14.2 Å². The molecule has 1 amide bonds. The molecule has 1 unspecified atom stereocenters. The summed E-state index contributed by atoms with van der Waals surface area (Å²) in [6.45, 7) is 2.62. The van der Waals surface area contributed by atoms with E-state index in [2.05, 4.69) is 4.98 Å². The van der Waals surface area contributed by atoms with E-state index in [1.807, 2.05) is 54.0 Å². The highest BCUT2D eigenvalue weighted by atomic mass is 16.5. The van der Waals surface area contributed by atoms with Crippen LogP contribution in [0.1, 0.15) is 39.6 Å². The molecule has 4 aromatic rings. The van der Waals surface area contributed by atoms with Crippen LogP contribution in [0.5, 0.6) is 17.2 Å². The molecule has 3 aromatic carbocycles. The van der Waals surface area contributed by atoms with E-state index >= 15 is 0 Å². The number of methoxy groups -OCH3 is 3. The molecule has 212 valence electrons. The lowest BCUT2D eigenvalue weighted by Gasteiger charge is -2.35. The Hall–Kier alpha value is -4.79. The standard InChI is InChI=1S/C32H33N3O6/c1-20-15-21(5-14-29(20)41-4)17-34-19-33-26-18-35(28(32(37)38)16-27(26)34)31(36)30(22-6-10-24(39-2)11-7-22)23-8-12-25(40-3)13-9-23/h5-15,19,28,30H,16-18H2,1-4H3,(H,37,38). The van der Waals surface area contributed by atoms with Crippen molar-refractivity contribution in [2.45, 2.75) is 38.4 Å². The van der Waals surface area contributed by atoms with Gasteiger partial charge in [-0.2, -0.15) is 0 Å². The van der Waals surface area contributed by atoms with Crippen molar-refractivity contribution in [2.24, 2.45) is 0 Å². The Morgan fingerprint density at radius 3 is 2.05 bits per heavy atom. The first-order valence-corrected chi connectivity index (χ1v) is 13.3. The third-order valence-electron chi connectivity index (χ3n) is 7.64. The van der Waals surface area contributed by atoms with Crippen LogP contribution in [0, 0.1) is 6.92 Å². The average molecular weight is 556 g/mol. The lowest BCUT2D eigenvalue weighted by Crippen LogP contribution is -2.50. The Morgan fingerprint density at radius 2 is 1.54 bits per heavy atom. The van der Waals surface area contributed by atoms with Gasteiger partial charge in [-0.25, -0.2) is 9.78 Å². The first kappa shape index (κ1) is 27.8. The number of ether oxygens (including phenoxy) is 3. The van der Waals surface area contributed by atoms with Gasteiger partial charge in [0.25, 0.3) is 0 Å². The van der Waals surface area contributed by atoms with Gasteiger partial charge in [-0.1, -0.05) is 36.4 Å². The molecule has 9 heteroatoms. The molecule has 9 nitrogen and oxygen atoms in total. The van der Waals surface area contributed by atoms with E-state index in [-0.39, 0.29) is 18.9 Å². The number of fused-ring (bicyclic) bond motifs is 1. The first-order chi connectivity index (χ1) is 19.8. The monoisotopic (exact) mass is 555 g/mol. The van der Waals surface area contributed by atoms with E-state index in [1.165, 1.54) is 4.90 Å². The van der Waals surface area contributed by atoms with E-state index in [1.54, 1.807) is 51.9 Å². The molecule has 0 bridgehead atoms. The van der Waals surface area contributed by atoms with Gasteiger partial charge in [0.2, 0.25) is 5.91 Å². The largest absolute Gasteiger partial charge is 0.497 e. The second-order valence-corrected chi connectivity index (χ2v) is 10.1. The molecule has 1 N–H and O–H groups in total. The maximum atomic E-state index is 14.3. The van der Waals surface area contributed by atoms with Crippen molar-refractivity contribution in [1.29, 1.82) is 0 Å². The van der Waals surface area contributed by atoms with Crippen molar-refractivity contribution in [3.05, 3.63) is 107 Å². The van der Waals surface area contributed by atoms with Gasteiger partial charge in [0.1, 0.15) is 23.3 Å². The lowest BCUT2D eigenvalue weighted by atomic mass is 9.88. The predicted molar refractivity (Wildman–Crippen MR) is 153 cm³/mol. The average Bonchev–Trinajstić information content (AvgIpc) is 3.38. The van der Waals surface area contributed by atoms with Crippen LogP contribution in [0.15, 0.2) is 73.1 Å². The topological polar surface area (TPSA) is 103 Å². The van der Waals surface area contributed by atoms with Crippen molar-refractivity contribution < 1.29 is 28.9 Å². The molecule has 0 spiro atoms. The van der Waals surface area contributed by atoms with Gasteiger partial charge >= 0.3 is 5.97 Å². The fourth-order valence-electron chi connectivity index (χ4n) is 5.44. The van der Waals surface area contributed by atoms with Gasteiger partial charge in [0.15, 0.2) is 0 Å². The summed E-state index contributed by atoms with van der Waals surface area (Å²) >= 11 is 0. The van der Waals surface area contributed by atoms with Gasteiger partial charge in [-0.15, -0.1) is 0 Å². The molecule has 0 saturated carbocycles. The van der Waals surface area contributed by atoms with Crippen molar-refractivity contribution in [2.75, 3.05) is 21.3 Å². The number of rotatable bonds is 9. The van der Waals surface area contributed by atoms with Crippen LogP contribution >= 0.6 is 0 Å². The van der Waals surface area contributed by atoms with E-state index in [9.17, 15) is 14.7 Å². The summed E-state index contributed by atoms with van der Waals surface area (Å²) in [6, 6.07) is 19.4. The summed E-state index contributed by atoms with van der Waals surface area (Å²) in [5, 5.41) is 10.3. The number of amides is 1. The molecule has 5 rings (SSSR count). The zero-order chi connectivity index (χ0) is 29.1. The minimum absolute atomic E-state index is 0.0998. The van der Waals surface area contributed by atoms with Crippen LogP contribution in [-0.2, 0) is 29.1 Å². The van der Waals surface area contributed by atoms with Crippen LogP contribution in [0.3, 0.4) is 0 Å². The van der Waals surface area contributed by atoms with Gasteiger partial charge in [-0.3, -0.25) is 4.79 Å². The van der Waals surface area contributed by atoms with Crippen LogP contribution in [0.4, 0.5) is 0 Å². The fourth-order valence-corrected chi connectivity index (χ4v) is 5.44. The second kappa shape index (κ2) is 11.8. The Balaban J connectivity index is 1.48. The number of benzene rings is 3. The molecule has 2 heterocycles. The number of nitrogens with zero attached hydrogens (tertiary/aromatic N) is 3. The summed E-state index contributed by atoms with van der Waals surface area (Å²) in [5.74, 6) is 0.0555. The van der Waals surface area contributed by atoms with Crippen molar-refractivity contribution in [3.63, 3.8) is 0 Å². The van der Waals surface area contributed by atoms with Crippen LogP contribution in [-0.4, -0.2) is 58.8 Å². The van der Waals surface area contributed by atoms with Crippen molar-refractivity contribution in [3.8, 4) is 17.2 Å². The number of hydrogen-bond donors (Lipinski definition) is 1. The molecule has 0 fully saturated rings. The van der Waals surface area contributed by atoms with E-state index in [0.717, 1.165) is 33.7 Å². The third kappa shape index (κ3) is 5.61. The summed E-state index contributed by atoms with van der Waals surface area (Å²) < 4.78 is 18.0. The molecule has 1 aliphatic rings. The molecule has 0 aliphatic carbocycles. The fraction of sp³-hybridized carbons (Fsp3) is 0.281. The zero-order valence-corrected chi connectivity index (χ0v) is 23.5. The first-order valence-electron chi connectivity index (χ1n) is 13.3. The smallest absolute Gasteiger partial charge is 0.326 e. The maximum Gasteiger partial charge on any atom is 0.326 e. The van der Waals surface area contributed by atoms with E-state index in [0.29, 0.717) is 23.7 Å². The summed E-state index contributed by atoms with van der Waals surface area (Å²) in [7, 11) is 4.80. The SMILES string of the molecule is COc1ccc(C(C(=O)N2Cc3ncn(Cc4ccc(OC)c(C)c4)c3CC2C(=O)O)c2ccc(OC)cc2)cc1. The van der Waals surface area contributed by atoms with E-state index in [4.69, 9.17) is 14.2 Å². The number of carbonyl (C=O) groups excluding carboxylic acids is 1. The van der Waals surface area contributed by atoms with Gasteiger partial charge in [0, 0.05) is 18.7 Å². The second-order valence-electron chi connectivity index (χ2n) is 10.1. The van der Waals surface area contributed by atoms with Gasteiger partial charge in [-0.05, 0) is 59.5 Å². The number of aromatic nitrogens is 2. The molecular formula is C32H33N3O6. The molecule has 1 aromatic heterocycles. The Morgan fingerprint density at radius 1 is 0.927 bits per heavy atom. The van der Waals surface area contributed by atoms with Gasteiger partial charge < -0.3 is 28.8 Å². The molecule has 41 heavy (non-hydrogen) atoms. The molecule has 1 atom stereocenters. The summed E-state index contributed by atoms with van der Waals surface area (Å²) in [6.07, 6.45) is 1.88. The highest BCUT2D eigenvalue weighted by Crippen LogP contribution is 2.33. The van der Waals surface area contributed by atoms with Gasteiger partial charge in [0.05, 0.1) is 45.8 Å². The van der Waals surface area contributed by atoms with Crippen molar-refractivity contribution >= 4 is 11.9 Å². The Bertz CT molecular complexity index is 1500. The number of carboxylic acid groups (broad SMARTS) is 1. The molecular weight excluding hydrogens is 522 g/mol. The lowest BCUT2D eigenvalue weighted by molar-refractivity contribution is -0.151. The zero-order valence-electron chi connectivity index (χ0n) is 23.5. The quantitative estimate of drug-likeness (QED) is 0.326. The summed E-state index contributed by atoms with van der Waals surface area (Å²) in [5.41, 5.74) is 5.05. The van der Waals surface area contributed by atoms with Crippen LogP contribution in [0.25, 0.3) is 0 Å². The highest BCUT2D eigenvalue weighted by molar-refractivity contribution is 5.91. The molecule has 1 aliphatic heterocycles. The number of carboxylic acids is 1. The minimum Gasteiger partial charge on any atom is -0.497 e. The number of hydrogen-bond acceptors (Lipinski definition) is 6. The number of aliphatic carboxylic acids is 1. The Labute approximate surface area is 238 Å². The maximum absolute atomic E-state index is 14.3. The molecule has 0 radical (unpaired) electrons. The van der Waals surface area contributed by atoms with E-state index < -0.39 is 17.9 Å². The highest BCUT2D eigenvalue weighted by Gasteiger charge is 2.40. The molecule has 0 saturated heterocycles. The number of carbonyl (C=O) groups is 2. The number of aryl methyl sites for hydroxylation is 1.